The number of halogens is 2. The number of thiophene rings is 1. The topological polar surface area (TPSA) is 47.8 Å². The third-order valence-corrected chi connectivity index (χ3v) is 4.29. The van der Waals surface area contributed by atoms with Gasteiger partial charge in [0.05, 0.1) is 19.7 Å². The zero-order chi connectivity index (χ0) is 11.7. The summed E-state index contributed by atoms with van der Waals surface area (Å²) in [4.78, 5) is 11.9. The highest BCUT2D eigenvalue weighted by Crippen LogP contribution is 2.32. The van der Waals surface area contributed by atoms with E-state index in [1.54, 1.807) is 17.9 Å². The second-order valence-electron chi connectivity index (χ2n) is 3.22. The molecule has 0 spiro atoms. The molecule has 2 aromatic rings. The second-order valence-corrected chi connectivity index (χ2v) is 6.97. The minimum absolute atomic E-state index is 0.0364. The molecule has 0 amide bonds. The van der Waals surface area contributed by atoms with Gasteiger partial charge >= 0.3 is 0 Å². The van der Waals surface area contributed by atoms with Crippen LogP contribution >= 0.6 is 43.2 Å². The average molecular weight is 365 g/mol. The number of aryl methyl sites for hydroxylation is 1. The number of carbonyl (C=O) groups is 1. The molecule has 2 aromatic heterocycles. The lowest BCUT2D eigenvalue weighted by Gasteiger charge is -1.94. The van der Waals surface area contributed by atoms with Crippen LogP contribution in [0.1, 0.15) is 16.1 Å². The van der Waals surface area contributed by atoms with Gasteiger partial charge in [0.1, 0.15) is 0 Å². The van der Waals surface area contributed by atoms with Crippen molar-refractivity contribution in [2.24, 2.45) is 7.05 Å². The summed E-state index contributed by atoms with van der Waals surface area (Å²) >= 11 is 8.19. The zero-order valence-electron chi connectivity index (χ0n) is 8.28. The van der Waals surface area contributed by atoms with E-state index in [0.717, 1.165) is 7.57 Å². The Kier molecular flexibility index (Phi) is 3.56. The van der Waals surface area contributed by atoms with Crippen molar-refractivity contribution in [2.75, 3.05) is 0 Å². The molecule has 2 heterocycles. The van der Waals surface area contributed by atoms with Crippen molar-refractivity contribution in [3.8, 4) is 0 Å². The van der Waals surface area contributed by atoms with Crippen LogP contribution < -0.4 is 0 Å². The predicted molar refractivity (Wildman–Crippen MR) is 68.8 cm³/mol. The minimum atomic E-state index is 0.0364. The molecule has 0 aliphatic rings. The van der Waals surface area contributed by atoms with Crippen LogP contribution in [0.4, 0.5) is 0 Å². The molecule has 2 rings (SSSR count). The maximum Gasteiger partial charge on any atom is 0.170 e. The molecule has 0 saturated heterocycles. The quantitative estimate of drug-likeness (QED) is 0.787. The van der Waals surface area contributed by atoms with Crippen LogP contribution in [0, 0.1) is 0 Å². The lowest BCUT2D eigenvalue weighted by atomic mass is 10.1. The first-order chi connectivity index (χ1) is 7.56. The Labute approximate surface area is 113 Å². The Morgan fingerprint density at radius 3 is 2.81 bits per heavy atom. The molecule has 7 heteroatoms. The number of hydrogen-bond acceptors (Lipinski definition) is 4. The largest absolute Gasteiger partial charge is 0.294 e. The number of rotatable bonds is 3. The van der Waals surface area contributed by atoms with E-state index in [4.69, 9.17) is 0 Å². The maximum atomic E-state index is 11.9. The fourth-order valence-corrected chi connectivity index (χ4v) is 4.12. The number of ketones is 1. The van der Waals surface area contributed by atoms with Gasteiger partial charge in [-0.05, 0) is 37.9 Å². The third-order valence-electron chi connectivity index (χ3n) is 1.95. The summed E-state index contributed by atoms with van der Waals surface area (Å²) in [5.74, 6) is 0.0364. The van der Waals surface area contributed by atoms with E-state index < -0.39 is 0 Å². The third kappa shape index (κ3) is 2.58. The van der Waals surface area contributed by atoms with Crippen LogP contribution in [0.15, 0.2) is 19.8 Å². The van der Waals surface area contributed by atoms with E-state index in [1.807, 2.05) is 6.07 Å². The van der Waals surface area contributed by atoms with Crippen molar-refractivity contribution >= 4 is 49.0 Å². The number of Topliss-reactive ketones (excluding diaryl/α,β-unsaturated/α-hetero) is 1. The molecule has 0 unspecified atom stereocenters. The number of carbonyl (C=O) groups excluding carboxylic acids is 1. The molecule has 16 heavy (non-hydrogen) atoms. The molecule has 0 N–H and O–H groups in total. The van der Waals surface area contributed by atoms with E-state index in [2.05, 4.69) is 42.2 Å². The van der Waals surface area contributed by atoms with Crippen LogP contribution in [-0.4, -0.2) is 20.8 Å². The van der Waals surface area contributed by atoms with Crippen molar-refractivity contribution in [3.05, 3.63) is 31.1 Å². The normalized spacial score (nSPS) is 10.7. The maximum absolute atomic E-state index is 11.9. The van der Waals surface area contributed by atoms with Crippen LogP contribution in [-0.2, 0) is 13.5 Å². The molecule has 0 radical (unpaired) electrons. The molecular weight excluding hydrogens is 358 g/mol. The summed E-state index contributed by atoms with van der Waals surface area (Å²) < 4.78 is 3.36. The highest BCUT2D eigenvalue weighted by atomic mass is 79.9. The van der Waals surface area contributed by atoms with Gasteiger partial charge in [-0.1, -0.05) is 5.21 Å². The van der Waals surface area contributed by atoms with Gasteiger partial charge in [0.2, 0.25) is 0 Å². The first-order valence-corrected chi connectivity index (χ1v) is 6.79. The Hall–Kier alpha value is -0.530. The van der Waals surface area contributed by atoms with E-state index >= 15 is 0 Å². The van der Waals surface area contributed by atoms with E-state index in [-0.39, 0.29) is 12.2 Å². The van der Waals surface area contributed by atoms with E-state index in [9.17, 15) is 4.79 Å². The Morgan fingerprint density at radius 2 is 2.31 bits per heavy atom. The molecule has 0 atom stereocenters. The van der Waals surface area contributed by atoms with Gasteiger partial charge in [0.15, 0.2) is 5.78 Å². The first kappa shape index (κ1) is 11.9. The van der Waals surface area contributed by atoms with Crippen LogP contribution in [0.2, 0.25) is 0 Å². The van der Waals surface area contributed by atoms with Gasteiger partial charge < -0.3 is 0 Å². The zero-order valence-corrected chi connectivity index (χ0v) is 12.3. The van der Waals surface area contributed by atoms with E-state index in [0.29, 0.717) is 11.3 Å². The smallest absolute Gasteiger partial charge is 0.170 e. The van der Waals surface area contributed by atoms with Gasteiger partial charge in [-0.2, -0.15) is 0 Å². The lowest BCUT2D eigenvalue weighted by Crippen LogP contribution is -2.03. The monoisotopic (exact) mass is 363 g/mol. The summed E-state index contributed by atoms with van der Waals surface area (Å²) in [7, 11) is 1.78. The first-order valence-electron chi connectivity index (χ1n) is 4.39. The standard InChI is InChI=1S/C9H7Br2N3OS/c1-14-4-5(12-13-14)2-7(15)6-3-8(10)16-9(6)11/h3-4H,2H2,1H3. The number of nitrogens with zero attached hydrogens (tertiary/aromatic N) is 3. The van der Waals surface area contributed by atoms with Gasteiger partial charge in [-0.25, -0.2) is 0 Å². The predicted octanol–water partition coefficient (Wildman–Crippen LogP) is 2.83. The van der Waals surface area contributed by atoms with Crippen LogP contribution in [0.3, 0.4) is 0 Å². The van der Waals surface area contributed by atoms with Crippen LogP contribution in [0.25, 0.3) is 0 Å². The second kappa shape index (κ2) is 4.77. The molecule has 0 aromatic carbocycles. The Bertz CT molecular complexity index is 535. The van der Waals surface area contributed by atoms with Gasteiger partial charge in [-0.3, -0.25) is 9.48 Å². The molecular formula is C9H7Br2N3OS. The Balaban J connectivity index is 2.17. The molecule has 84 valence electrons. The molecule has 0 bridgehead atoms. The van der Waals surface area contributed by atoms with Gasteiger partial charge in [0, 0.05) is 18.8 Å². The van der Waals surface area contributed by atoms with Crippen LogP contribution in [0.5, 0.6) is 0 Å². The summed E-state index contributed by atoms with van der Waals surface area (Å²) in [6, 6.07) is 1.81. The molecule has 0 aliphatic carbocycles. The van der Waals surface area contributed by atoms with Gasteiger partial charge in [-0.15, -0.1) is 16.4 Å². The minimum Gasteiger partial charge on any atom is -0.294 e. The fourth-order valence-electron chi connectivity index (χ4n) is 1.27. The summed E-state index contributed by atoms with van der Waals surface area (Å²) in [5, 5.41) is 7.67. The molecule has 0 fully saturated rings. The SMILES string of the molecule is Cn1cc(CC(=O)c2cc(Br)sc2Br)nn1. The summed E-state index contributed by atoms with van der Waals surface area (Å²) in [6.45, 7) is 0. The van der Waals surface area contributed by atoms with Crippen molar-refractivity contribution in [3.63, 3.8) is 0 Å². The highest BCUT2D eigenvalue weighted by Gasteiger charge is 2.15. The van der Waals surface area contributed by atoms with Crippen molar-refractivity contribution in [1.82, 2.24) is 15.0 Å². The van der Waals surface area contributed by atoms with Crippen molar-refractivity contribution in [2.45, 2.75) is 6.42 Å². The molecule has 4 nitrogen and oxygen atoms in total. The molecule has 0 aliphatic heterocycles. The summed E-state index contributed by atoms with van der Waals surface area (Å²) in [6.07, 6.45) is 2.02. The van der Waals surface area contributed by atoms with Crippen molar-refractivity contribution in [1.29, 1.82) is 0 Å². The number of aromatic nitrogens is 3. The summed E-state index contributed by atoms with van der Waals surface area (Å²) in [5.41, 5.74) is 1.37. The average Bonchev–Trinajstić information content (AvgIpc) is 2.73. The van der Waals surface area contributed by atoms with E-state index in [1.165, 1.54) is 11.3 Å². The molecule has 0 saturated carbocycles. The lowest BCUT2D eigenvalue weighted by molar-refractivity contribution is 0.0991. The Morgan fingerprint density at radius 1 is 1.56 bits per heavy atom. The van der Waals surface area contributed by atoms with Gasteiger partial charge in [0.25, 0.3) is 0 Å². The fraction of sp³-hybridized carbons (Fsp3) is 0.222. The van der Waals surface area contributed by atoms with Crippen molar-refractivity contribution < 1.29 is 4.79 Å². The highest BCUT2D eigenvalue weighted by molar-refractivity contribution is 9.12. The number of hydrogen-bond donors (Lipinski definition) is 0.